The molecule has 6 heteroatoms. The number of anilines is 1. The SMILES string of the molecule is CC[C@H](C)Nc1cc(C(=O)O)cc(CC(C)(F)F)n1. The molecule has 19 heavy (non-hydrogen) atoms. The molecular formula is C13H18F2N2O2. The molecule has 0 unspecified atom stereocenters. The van der Waals surface area contributed by atoms with E-state index in [1.165, 1.54) is 12.1 Å². The molecule has 1 aromatic heterocycles. The van der Waals surface area contributed by atoms with Crippen molar-refractivity contribution in [3.05, 3.63) is 23.4 Å². The maximum Gasteiger partial charge on any atom is 0.335 e. The fourth-order valence-corrected chi connectivity index (χ4v) is 1.55. The number of nitrogens with one attached hydrogen (secondary N) is 1. The number of carboxylic acid groups (broad SMARTS) is 1. The van der Waals surface area contributed by atoms with Crippen LogP contribution in [0, 0.1) is 0 Å². The van der Waals surface area contributed by atoms with Crippen LogP contribution in [0.2, 0.25) is 0 Å². The highest BCUT2D eigenvalue weighted by molar-refractivity contribution is 5.88. The predicted molar refractivity (Wildman–Crippen MR) is 68.9 cm³/mol. The summed E-state index contributed by atoms with van der Waals surface area (Å²) in [5.74, 6) is -3.76. The number of nitrogens with zero attached hydrogens (tertiary/aromatic N) is 1. The van der Waals surface area contributed by atoms with E-state index in [2.05, 4.69) is 10.3 Å². The number of pyridine rings is 1. The van der Waals surface area contributed by atoms with Gasteiger partial charge in [-0.25, -0.2) is 18.6 Å². The van der Waals surface area contributed by atoms with Crippen molar-refractivity contribution in [3.8, 4) is 0 Å². The third kappa shape index (κ3) is 5.19. The molecule has 0 aliphatic carbocycles. The van der Waals surface area contributed by atoms with E-state index in [-0.39, 0.29) is 17.3 Å². The molecule has 0 fully saturated rings. The summed E-state index contributed by atoms with van der Waals surface area (Å²) in [6.45, 7) is 4.65. The maximum absolute atomic E-state index is 13.0. The van der Waals surface area contributed by atoms with Gasteiger partial charge in [0.25, 0.3) is 5.92 Å². The molecule has 0 aliphatic heterocycles. The molecule has 0 aromatic carbocycles. The van der Waals surface area contributed by atoms with E-state index in [4.69, 9.17) is 5.11 Å². The normalized spacial score (nSPS) is 13.1. The van der Waals surface area contributed by atoms with Crippen molar-refractivity contribution < 1.29 is 18.7 Å². The topological polar surface area (TPSA) is 62.2 Å². The molecule has 0 saturated carbocycles. The van der Waals surface area contributed by atoms with Gasteiger partial charge in [0.05, 0.1) is 12.0 Å². The first-order valence-corrected chi connectivity index (χ1v) is 6.10. The summed E-state index contributed by atoms with van der Waals surface area (Å²) in [6, 6.07) is 2.62. The van der Waals surface area contributed by atoms with Gasteiger partial charge in [0.1, 0.15) is 5.82 Å². The van der Waals surface area contributed by atoms with Gasteiger partial charge in [0.15, 0.2) is 0 Å². The van der Waals surface area contributed by atoms with E-state index in [0.29, 0.717) is 5.82 Å². The predicted octanol–water partition coefficient (Wildman–Crippen LogP) is 3.19. The highest BCUT2D eigenvalue weighted by Crippen LogP contribution is 2.20. The zero-order valence-electron chi connectivity index (χ0n) is 11.2. The van der Waals surface area contributed by atoms with Crippen molar-refractivity contribution in [2.24, 2.45) is 0 Å². The highest BCUT2D eigenvalue weighted by atomic mass is 19.3. The number of alkyl halides is 2. The number of carbonyl (C=O) groups is 1. The Bertz CT molecular complexity index is 458. The van der Waals surface area contributed by atoms with Gasteiger partial charge in [0, 0.05) is 11.7 Å². The van der Waals surface area contributed by atoms with Crippen LogP contribution in [0.1, 0.15) is 43.2 Å². The number of hydrogen-bond acceptors (Lipinski definition) is 3. The number of carboxylic acids is 1. The Balaban J connectivity index is 3.07. The second kappa shape index (κ2) is 5.95. The molecular weight excluding hydrogens is 254 g/mol. The Morgan fingerprint density at radius 3 is 2.63 bits per heavy atom. The van der Waals surface area contributed by atoms with Crippen LogP contribution in [0.15, 0.2) is 12.1 Å². The van der Waals surface area contributed by atoms with E-state index in [1.807, 2.05) is 13.8 Å². The monoisotopic (exact) mass is 272 g/mol. The molecule has 1 rings (SSSR count). The smallest absolute Gasteiger partial charge is 0.335 e. The molecule has 4 nitrogen and oxygen atoms in total. The first-order valence-electron chi connectivity index (χ1n) is 6.10. The average molecular weight is 272 g/mol. The number of aromatic carboxylic acids is 1. The molecule has 0 amide bonds. The minimum Gasteiger partial charge on any atom is -0.478 e. The lowest BCUT2D eigenvalue weighted by Crippen LogP contribution is -2.18. The van der Waals surface area contributed by atoms with Crippen molar-refractivity contribution >= 4 is 11.8 Å². The highest BCUT2D eigenvalue weighted by Gasteiger charge is 2.23. The van der Waals surface area contributed by atoms with Crippen molar-refractivity contribution in [2.45, 2.75) is 45.6 Å². The van der Waals surface area contributed by atoms with Gasteiger partial charge in [0.2, 0.25) is 0 Å². The zero-order chi connectivity index (χ0) is 14.6. The summed E-state index contributed by atoms with van der Waals surface area (Å²) in [7, 11) is 0. The maximum atomic E-state index is 13.0. The van der Waals surface area contributed by atoms with Crippen molar-refractivity contribution in [1.29, 1.82) is 0 Å². The lowest BCUT2D eigenvalue weighted by molar-refractivity contribution is 0.0216. The van der Waals surface area contributed by atoms with E-state index in [9.17, 15) is 13.6 Å². The van der Waals surface area contributed by atoms with E-state index in [0.717, 1.165) is 13.3 Å². The van der Waals surface area contributed by atoms with E-state index < -0.39 is 18.3 Å². The van der Waals surface area contributed by atoms with Crippen LogP contribution >= 0.6 is 0 Å². The molecule has 0 saturated heterocycles. The van der Waals surface area contributed by atoms with Crippen LogP contribution in [0.4, 0.5) is 14.6 Å². The Morgan fingerprint density at radius 1 is 1.53 bits per heavy atom. The van der Waals surface area contributed by atoms with Crippen molar-refractivity contribution in [1.82, 2.24) is 4.98 Å². The van der Waals surface area contributed by atoms with E-state index >= 15 is 0 Å². The van der Waals surface area contributed by atoms with Gasteiger partial charge in [-0.1, -0.05) is 6.92 Å². The molecule has 106 valence electrons. The van der Waals surface area contributed by atoms with Crippen LogP contribution < -0.4 is 5.32 Å². The second-order valence-corrected chi connectivity index (χ2v) is 4.74. The minimum absolute atomic E-state index is 0.0416. The van der Waals surface area contributed by atoms with Crippen LogP contribution in [-0.2, 0) is 6.42 Å². The standard InChI is InChI=1S/C13H18F2N2O2/c1-4-8(2)16-11-6-9(12(18)19)5-10(17-11)7-13(3,14)15/h5-6,8H,4,7H2,1-3H3,(H,16,17)(H,18,19)/t8-/m0/s1. The molecule has 0 aliphatic rings. The molecule has 0 spiro atoms. The van der Waals surface area contributed by atoms with E-state index in [1.54, 1.807) is 0 Å². The molecule has 1 atom stereocenters. The van der Waals surface area contributed by atoms with Crippen molar-refractivity contribution in [2.75, 3.05) is 5.32 Å². The summed E-state index contributed by atoms with van der Waals surface area (Å²) < 4.78 is 26.0. The second-order valence-electron chi connectivity index (χ2n) is 4.74. The summed E-state index contributed by atoms with van der Waals surface area (Å²) in [5, 5.41) is 12.0. The summed E-state index contributed by atoms with van der Waals surface area (Å²) in [5.41, 5.74) is 0.0262. The Kier molecular flexibility index (Phi) is 4.80. The van der Waals surface area contributed by atoms with Crippen LogP contribution in [-0.4, -0.2) is 28.0 Å². The molecule has 0 bridgehead atoms. The molecule has 1 aromatic rings. The summed E-state index contributed by atoms with van der Waals surface area (Å²) >= 11 is 0. The van der Waals surface area contributed by atoms with Gasteiger partial charge < -0.3 is 10.4 Å². The molecule has 0 radical (unpaired) electrons. The Hall–Kier alpha value is -1.72. The number of halogens is 2. The van der Waals surface area contributed by atoms with Crippen LogP contribution in [0.5, 0.6) is 0 Å². The van der Waals surface area contributed by atoms with Crippen LogP contribution in [0.25, 0.3) is 0 Å². The largest absolute Gasteiger partial charge is 0.478 e. The van der Waals surface area contributed by atoms with Gasteiger partial charge in [-0.2, -0.15) is 0 Å². The first-order chi connectivity index (χ1) is 8.71. The summed E-state index contributed by atoms with van der Waals surface area (Å²) in [4.78, 5) is 15.0. The fraction of sp³-hybridized carbons (Fsp3) is 0.538. The molecule has 1 heterocycles. The Morgan fingerprint density at radius 2 is 2.16 bits per heavy atom. The van der Waals surface area contributed by atoms with Crippen LogP contribution in [0.3, 0.4) is 0 Å². The lowest BCUT2D eigenvalue weighted by Gasteiger charge is -2.15. The zero-order valence-corrected chi connectivity index (χ0v) is 11.2. The first kappa shape index (κ1) is 15.3. The van der Waals surface area contributed by atoms with Gasteiger partial charge >= 0.3 is 5.97 Å². The fourth-order valence-electron chi connectivity index (χ4n) is 1.55. The van der Waals surface area contributed by atoms with Crippen molar-refractivity contribution in [3.63, 3.8) is 0 Å². The third-order valence-corrected chi connectivity index (χ3v) is 2.62. The average Bonchev–Trinajstić information content (AvgIpc) is 2.25. The molecule has 2 N–H and O–H groups in total. The number of hydrogen-bond donors (Lipinski definition) is 2. The number of aromatic nitrogens is 1. The number of rotatable bonds is 6. The summed E-state index contributed by atoms with van der Waals surface area (Å²) in [6.07, 6.45) is 0.238. The lowest BCUT2D eigenvalue weighted by atomic mass is 10.1. The van der Waals surface area contributed by atoms with Gasteiger partial charge in [-0.15, -0.1) is 0 Å². The quantitative estimate of drug-likeness (QED) is 0.834. The van der Waals surface area contributed by atoms with Gasteiger partial charge in [-0.3, -0.25) is 0 Å². The third-order valence-electron chi connectivity index (χ3n) is 2.62. The van der Waals surface area contributed by atoms with Gasteiger partial charge in [-0.05, 0) is 32.4 Å². The Labute approximate surface area is 110 Å². The minimum atomic E-state index is -2.92.